The minimum atomic E-state index is -0.980. The maximum atomic E-state index is 12.6. The molecule has 258 valence electrons. The highest BCUT2D eigenvalue weighted by molar-refractivity contribution is 5.77. The molecule has 0 aliphatic heterocycles. The maximum absolute atomic E-state index is 12.6. The van der Waals surface area contributed by atoms with Gasteiger partial charge in [-0.25, -0.2) is 0 Å². The van der Waals surface area contributed by atoms with Crippen molar-refractivity contribution in [2.45, 2.75) is 138 Å². The fourth-order valence-electron chi connectivity index (χ4n) is 12.7. The number of ether oxygens (including phenoxy) is 2. The Bertz CT molecular complexity index is 1250. The van der Waals surface area contributed by atoms with Gasteiger partial charge in [-0.2, -0.15) is 0 Å². The van der Waals surface area contributed by atoms with Crippen LogP contribution in [0.4, 0.5) is 0 Å². The van der Waals surface area contributed by atoms with Gasteiger partial charge in [0.25, 0.3) is 0 Å². The molecule has 0 heterocycles. The second-order valence-electron chi connectivity index (χ2n) is 17.3. The first kappa shape index (κ1) is 34.9. The lowest BCUT2D eigenvalue weighted by atomic mass is 9.32. The largest absolute Gasteiger partial charge is 0.481 e. The third kappa shape index (κ3) is 5.61. The predicted octanol–water partition coefficient (Wildman–Crippen LogP) is 7.83. The Balaban J connectivity index is 1.38. The second-order valence-corrected chi connectivity index (χ2v) is 17.3. The number of esters is 2. The quantitative estimate of drug-likeness (QED) is 0.182. The Morgan fingerprint density at radius 2 is 1.37 bits per heavy atom. The molecule has 5 rings (SSSR count). The third-order valence-corrected chi connectivity index (χ3v) is 15.1. The van der Waals surface area contributed by atoms with E-state index in [1.165, 1.54) is 5.57 Å². The number of allylic oxidation sites excluding steroid dienone is 1. The molecule has 0 unspecified atom stereocenters. The van der Waals surface area contributed by atoms with Crippen molar-refractivity contribution < 1.29 is 38.9 Å². The minimum Gasteiger partial charge on any atom is -0.481 e. The molecule has 0 spiro atoms. The van der Waals surface area contributed by atoms with Gasteiger partial charge in [-0.05, 0) is 117 Å². The molecule has 5 saturated carbocycles. The Hall–Kier alpha value is -2.38. The molecular weight excluding hydrogens is 584 g/mol. The van der Waals surface area contributed by atoms with Gasteiger partial charge in [0.1, 0.15) is 6.10 Å². The van der Waals surface area contributed by atoms with Crippen LogP contribution in [0.25, 0.3) is 0 Å². The summed E-state index contributed by atoms with van der Waals surface area (Å²) in [6, 6.07) is 0. The fourth-order valence-corrected chi connectivity index (χ4v) is 12.7. The summed E-state index contributed by atoms with van der Waals surface area (Å²) in [6.45, 7) is 19.2. The van der Waals surface area contributed by atoms with Crippen molar-refractivity contribution in [1.29, 1.82) is 0 Å². The average molecular weight is 643 g/mol. The Kier molecular flexibility index (Phi) is 9.31. The fraction of sp³-hybridized carbons (Fsp3) is 0.842. The maximum Gasteiger partial charge on any atom is 0.306 e. The van der Waals surface area contributed by atoms with Crippen molar-refractivity contribution >= 4 is 23.9 Å². The number of carboxylic acids is 2. The van der Waals surface area contributed by atoms with Crippen LogP contribution in [0.3, 0.4) is 0 Å². The molecule has 0 radical (unpaired) electrons. The number of carboxylic acid groups (broad SMARTS) is 2. The number of rotatable bonds is 10. The Morgan fingerprint density at radius 1 is 0.717 bits per heavy atom. The van der Waals surface area contributed by atoms with Crippen molar-refractivity contribution in [1.82, 2.24) is 0 Å². The normalized spacial score (nSPS) is 42.4. The summed E-state index contributed by atoms with van der Waals surface area (Å²) in [7, 11) is 0. The molecule has 0 amide bonds. The highest BCUT2D eigenvalue weighted by Gasteiger charge is 2.71. The van der Waals surface area contributed by atoms with Crippen LogP contribution < -0.4 is 0 Å². The standard InChI is InChI=1S/C38H58O8/c1-23(2)24-14-19-38(22-45-31(43)12-10-29(39)40)21-20-36(6)25(33(24)38)8-9-27-35(5)17-16-28(46-32(44)13-11-30(41)42)34(3,4)26(35)15-18-37(27,36)7/h24-28,33H,1,8-22H2,2-7H3,(H,39,40)(H,41,42)/t24-,25+,26-,27+,28-,33-,35-,36+,37+,38+/m0/s1. The molecule has 8 heteroatoms. The van der Waals surface area contributed by atoms with Gasteiger partial charge < -0.3 is 19.7 Å². The molecule has 46 heavy (non-hydrogen) atoms. The van der Waals surface area contributed by atoms with Gasteiger partial charge in [0.15, 0.2) is 0 Å². The van der Waals surface area contributed by atoms with Crippen LogP contribution in [0.2, 0.25) is 0 Å². The molecule has 8 nitrogen and oxygen atoms in total. The van der Waals surface area contributed by atoms with Crippen molar-refractivity contribution in [3.8, 4) is 0 Å². The average Bonchev–Trinajstić information content (AvgIpc) is 3.36. The van der Waals surface area contributed by atoms with E-state index in [1.807, 2.05) is 0 Å². The first-order valence-electron chi connectivity index (χ1n) is 17.9. The van der Waals surface area contributed by atoms with E-state index in [1.54, 1.807) is 0 Å². The molecule has 0 aromatic carbocycles. The van der Waals surface area contributed by atoms with E-state index >= 15 is 0 Å². The summed E-state index contributed by atoms with van der Waals surface area (Å²) in [5.74, 6) is -0.505. The molecule has 0 bridgehead atoms. The topological polar surface area (TPSA) is 127 Å². The van der Waals surface area contributed by atoms with Gasteiger partial charge in [-0.15, -0.1) is 0 Å². The van der Waals surface area contributed by atoms with Crippen LogP contribution in [-0.4, -0.2) is 46.8 Å². The van der Waals surface area contributed by atoms with Crippen molar-refractivity contribution in [3.63, 3.8) is 0 Å². The summed E-state index contributed by atoms with van der Waals surface area (Å²) in [6.07, 6.45) is 9.79. The number of carbonyl (C=O) groups excluding carboxylic acids is 2. The van der Waals surface area contributed by atoms with E-state index in [4.69, 9.17) is 19.7 Å². The molecule has 0 aromatic heterocycles. The second kappa shape index (κ2) is 12.3. The van der Waals surface area contributed by atoms with Crippen LogP contribution in [0.1, 0.15) is 131 Å². The van der Waals surface area contributed by atoms with Crippen LogP contribution in [0.5, 0.6) is 0 Å². The van der Waals surface area contributed by atoms with Gasteiger partial charge >= 0.3 is 23.9 Å². The van der Waals surface area contributed by atoms with Gasteiger partial charge in [-0.3, -0.25) is 19.2 Å². The van der Waals surface area contributed by atoms with Crippen LogP contribution in [-0.2, 0) is 28.7 Å². The van der Waals surface area contributed by atoms with E-state index in [0.29, 0.717) is 36.2 Å². The van der Waals surface area contributed by atoms with E-state index in [2.05, 4.69) is 48.1 Å². The smallest absolute Gasteiger partial charge is 0.306 e. The third-order valence-electron chi connectivity index (χ3n) is 15.1. The molecule has 5 fully saturated rings. The molecule has 2 N–H and O–H groups in total. The first-order valence-corrected chi connectivity index (χ1v) is 17.9. The molecule has 5 aliphatic rings. The molecule has 5 aliphatic carbocycles. The Labute approximate surface area is 275 Å². The number of hydrogen-bond acceptors (Lipinski definition) is 6. The van der Waals surface area contributed by atoms with E-state index < -0.39 is 23.9 Å². The van der Waals surface area contributed by atoms with Crippen LogP contribution in [0.15, 0.2) is 12.2 Å². The zero-order valence-corrected chi connectivity index (χ0v) is 29.1. The Morgan fingerprint density at radius 3 is 2.00 bits per heavy atom. The summed E-state index contributed by atoms with van der Waals surface area (Å²) in [4.78, 5) is 47.3. The van der Waals surface area contributed by atoms with Gasteiger partial charge in [-0.1, -0.05) is 46.8 Å². The summed E-state index contributed by atoms with van der Waals surface area (Å²) < 4.78 is 11.9. The SMILES string of the molecule is C=C(C)[C@@H]1CC[C@]2(COC(=O)CCC(=O)O)CC[C@]3(C)[C@H](CC[C@@H]4[C@@]5(C)CC[C@H](OC(=O)CCC(=O)O)C(C)(C)[C@@H]5CC[C@]43C)[C@H]12. The minimum absolute atomic E-state index is 0.0818. The van der Waals surface area contributed by atoms with Gasteiger partial charge in [0, 0.05) is 10.8 Å². The molecular formula is C38H58O8. The number of hydrogen-bond donors (Lipinski definition) is 2. The van der Waals surface area contributed by atoms with E-state index in [0.717, 1.165) is 64.2 Å². The lowest BCUT2D eigenvalue weighted by Crippen LogP contribution is -2.67. The highest BCUT2D eigenvalue weighted by atomic mass is 16.5. The molecule has 0 saturated heterocycles. The van der Waals surface area contributed by atoms with Crippen LogP contribution >= 0.6 is 0 Å². The van der Waals surface area contributed by atoms with Crippen molar-refractivity contribution in [3.05, 3.63) is 12.2 Å². The van der Waals surface area contributed by atoms with Gasteiger partial charge in [0.05, 0.1) is 32.3 Å². The molecule has 10 atom stereocenters. The van der Waals surface area contributed by atoms with E-state index in [9.17, 15) is 19.2 Å². The van der Waals surface area contributed by atoms with Gasteiger partial charge in [0.2, 0.25) is 0 Å². The summed E-state index contributed by atoms with van der Waals surface area (Å²) >= 11 is 0. The number of fused-ring (bicyclic) bond motifs is 7. The lowest BCUT2D eigenvalue weighted by Gasteiger charge is -2.73. The zero-order valence-electron chi connectivity index (χ0n) is 29.1. The summed E-state index contributed by atoms with van der Waals surface area (Å²) in [5, 5.41) is 18.1. The predicted molar refractivity (Wildman–Crippen MR) is 174 cm³/mol. The zero-order chi connectivity index (χ0) is 33.9. The monoisotopic (exact) mass is 642 g/mol. The van der Waals surface area contributed by atoms with Crippen molar-refractivity contribution in [2.75, 3.05) is 6.61 Å². The molecule has 0 aromatic rings. The first-order chi connectivity index (χ1) is 21.4. The lowest BCUT2D eigenvalue weighted by molar-refractivity contribution is -0.252. The van der Waals surface area contributed by atoms with Crippen molar-refractivity contribution in [2.24, 2.45) is 56.7 Å². The van der Waals surface area contributed by atoms with Crippen LogP contribution in [0, 0.1) is 56.7 Å². The highest BCUT2D eigenvalue weighted by Crippen LogP contribution is 2.77. The number of aliphatic carboxylic acids is 2. The number of carbonyl (C=O) groups is 4. The van der Waals surface area contributed by atoms with E-state index in [-0.39, 0.29) is 58.9 Å². The summed E-state index contributed by atoms with van der Waals surface area (Å²) in [5.41, 5.74) is 1.35.